The van der Waals surface area contributed by atoms with E-state index in [9.17, 15) is 5.11 Å². The lowest BCUT2D eigenvalue weighted by molar-refractivity contribution is 0.215. The monoisotopic (exact) mass is 321 g/mol. The van der Waals surface area contributed by atoms with E-state index in [1.54, 1.807) is 12.3 Å². The van der Waals surface area contributed by atoms with Crippen LogP contribution in [0.15, 0.2) is 47.1 Å². The van der Waals surface area contributed by atoms with Crippen LogP contribution in [0.1, 0.15) is 30.7 Å². The van der Waals surface area contributed by atoms with E-state index in [1.807, 2.05) is 30.3 Å². The number of aliphatic hydroxyl groups excluding tert-OH is 1. The molecule has 1 aromatic heterocycles. The Hall–Kier alpha value is -1.39. The Balaban J connectivity index is 2.10. The number of aromatic nitrogens is 1. The normalized spacial score (nSPS) is 12.2. The predicted octanol–water partition coefficient (Wildman–Crippen LogP) is 3.71. The maximum atomic E-state index is 10.2. The summed E-state index contributed by atoms with van der Waals surface area (Å²) in [6, 6.07) is 11.1. The van der Waals surface area contributed by atoms with Gasteiger partial charge in [-0.1, -0.05) is 19.1 Å². The highest BCUT2D eigenvalue weighted by Crippen LogP contribution is 2.23. The predicted molar refractivity (Wildman–Crippen MR) is 78.2 cm³/mol. The molecule has 3 nitrogen and oxygen atoms in total. The molecule has 0 saturated carbocycles. The van der Waals surface area contributed by atoms with Gasteiger partial charge < -0.3 is 9.84 Å². The molecule has 100 valence electrons. The van der Waals surface area contributed by atoms with Crippen molar-refractivity contribution in [3.05, 3.63) is 58.3 Å². The molecule has 0 saturated heterocycles. The third kappa shape index (κ3) is 3.78. The Morgan fingerprint density at radius 2 is 1.95 bits per heavy atom. The number of hydrogen-bond donors (Lipinski definition) is 1. The molecule has 2 aromatic rings. The molecule has 0 amide bonds. The van der Waals surface area contributed by atoms with Crippen LogP contribution in [0.3, 0.4) is 0 Å². The highest BCUT2D eigenvalue weighted by Gasteiger charge is 2.11. The summed E-state index contributed by atoms with van der Waals surface area (Å²) < 4.78 is 6.40. The average molecular weight is 322 g/mol. The number of halogens is 1. The maximum absolute atomic E-state index is 10.2. The first kappa shape index (κ1) is 14.0. The number of hydrogen-bond acceptors (Lipinski definition) is 3. The largest absolute Gasteiger partial charge is 0.494 e. The lowest BCUT2D eigenvalue weighted by Gasteiger charge is -2.11. The average Bonchev–Trinajstić information content (AvgIpc) is 2.46. The van der Waals surface area contributed by atoms with Crippen molar-refractivity contribution in [1.29, 1.82) is 0 Å². The smallest absolute Gasteiger partial charge is 0.121 e. The van der Waals surface area contributed by atoms with E-state index >= 15 is 0 Å². The topological polar surface area (TPSA) is 42.4 Å². The van der Waals surface area contributed by atoms with Crippen molar-refractivity contribution >= 4 is 15.9 Å². The summed E-state index contributed by atoms with van der Waals surface area (Å²) in [5.74, 6) is 0.821. The van der Waals surface area contributed by atoms with E-state index in [2.05, 4.69) is 27.8 Å². The van der Waals surface area contributed by atoms with Crippen LogP contribution in [0.2, 0.25) is 0 Å². The number of aliphatic hydroxyl groups is 1. The van der Waals surface area contributed by atoms with Crippen molar-refractivity contribution in [2.75, 3.05) is 6.61 Å². The molecular weight excluding hydrogens is 306 g/mol. The number of nitrogens with zero attached hydrogens (tertiary/aromatic N) is 1. The molecule has 1 aromatic carbocycles. The minimum Gasteiger partial charge on any atom is -0.494 e. The molecule has 2 rings (SSSR count). The van der Waals surface area contributed by atoms with E-state index in [4.69, 9.17) is 4.74 Å². The summed E-state index contributed by atoms with van der Waals surface area (Å²) in [5, 5.41) is 10.2. The SMILES string of the molecule is CCCOc1ccc(C(O)c2ccc(Br)cn2)cc1. The summed E-state index contributed by atoms with van der Waals surface area (Å²) >= 11 is 3.32. The Morgan fingerprint density at radius 1 is 1.21 bits per heavy atom. The Morgan fingerprint density at radius 3 is 2.53 bits per heavy atom. The van der Waals surface area contributed by atoms with Crippen LogP contribution in [-0.2, 0) is 0 Å². The van der Waals surface area contributed by atoms with Gasteiger partial charge in [0.1, 0.15) is 11.9 Å². The summed E-state index contributed by atoms with van der Waals surface area (Å²) in [7, 11) is 0. The molecule has 0 aliphatic carbocycles. The van der Waals surface area contributed by atoms with E-state index in [1.165, 1.54) is 0 Å². The van der Waals surface area contributed by atoms with Gasteiger partial charge in [-0.05, 0) is 52.2 Å². The van der Waals surface area contributed by atoms with Crippen LogP contribution < -0.4 is 4.74 Å². The van der Waals surface area contributed by atoms with Crippen LogP contribution in [-0.4, -0.2) is 16.7 Å². The van der Waals surface area contributed by atoms with Gasteiger partial charge in [-0.15, -0.1) is 0 Å². The first-order valence-electron chi connectivity index (χ1n) is 6.23. The molecule has 1 unspecified atom stereocenters. The first-order valence-corrected chi connectivity index (χ1v) is 7.02. The molecule has 0 bridgehead atoms. The Kier molecular flexibility index (Phi) is 4.93. The zero-order valence-corrected chi connectivity index (χ0v) is 12.3. The Labute approximate surface area is 121 Å². The number of benzene rings is 1. The molecule has 0 radical (unpaired) electrons. The van der Waals surface area contributed by atoms with Gasteiger partial charge in [-0.2, -0.15) is 0 Å². The summed E-state index contributed by atoms with van der Waals surface area (Å²) in [5.41, 5.74) is 1.43. The highest BCUT2D eigenvalue weighted by atomic mass is 79.9. The molecule has 0 spiro atoms. The maximum Gasteiger partial charge on any atom is 0.121 e. The second-order valence-corrected chi connectivity index (χ2v) is 5.14. The number of ether oxygens (including phenoxy) is 1. The van der Waals surface area contributed by atoms with Crippen molar-refractivity contribution in [2.24, 2.45) is 0 Å². The standard InChI is InChI=1S/C15H16BrNO2/c1-2-9-19-13-6-3-11(4-7-13)15(18)14-8-5-12(16)10-17-14/h3-8,10,15,18H,2,9H2,1H3. The van der Waals surface area contributed by atoms with Crippen molar-refractivity contribution in [1.82, 2.24) is 4.98 Å². The zero-order chi connectivity index (χ0) is 13.7. The molecular formula is C15H16BrNO2. The lowest BCUT2D eigenvalue weighted by Crippen LogP contribution is -2.02. The van der Waals surface area contributed by atoms with Crippen LogP contribution in [0.25, 0.3) is 0 Å². The molecule has 1 heterocycles. The molecule has 0 aliphatic heterocycles. The molecule has 1 atom stereocenters. The van der Waals surface area contributed by atoms with Gasteiger partial charge in [0, 0.05) is 10.7 Å². The first-order chi connectivity index (χ1) is 9.20. The van der Waals surface area contributed by atoms with Crippen molar-refractivity contribution in [2.45, 2.75) is 19.4 Å². The lowest BCUT2D eigenvalue weighted by atomic mass is 10.1. The molecule has 4 heteroatoms. The zero-order valence-electron chi connectivity index (χ0n) is 10.7. The minimum absolute atomic E-state index is 0.630. The van der Waals surface area contributed by atoms with Gasteiger partial charge in [0.15, 0.2) is 0 Å². The fourth-order valence-corrected chi connectivity index (χ4v) is 1.92. The number of rotatable bonds is 5. The van der Waals surface area contributed by atoms with Gasteiger partial charge in [0.2, 0.25) is 0 Å². The fraction of sp³-hybridized carbons (Fsp3) is 0.267. The van der Waals surface area contributed by atoms with Crippen LogP contribution in [0, 0.1) is 0 Å². The minimum atomic E-state index is -0.715. The fourth-order valence-electron chi connectivity index (χ4n) is 1.69. The van der Waals surface area contributed by atoms with Crippen LogP contribution >= 0.6 is 15.9 Å². The van der Waals surface area contributed by atoms with Gasteiger partial charge in [-0.3, -0.25) is 4.98 Å². The van der Waals surface area contributed by atoms with E-state index in [0.717, 1.165) is 22.2 Å². The van der Waals surface area contributed by atoms with Crippen LogP contribution in [0.5, 0.6) is 5.75 Å². The highest BCUT2D eigenvalue weighted by molar-refractivity contribution is 9.10. The van der Waals surface area contributed by atoms with Gasteiger partial charge in [-0.25, -0.2) is 0 Å². The third-order valence-electron chi connectivity index (χ3n) is 2.70. The van der Waals surface area contributed by atoms with Crippen molar-refractivity contribution in [3.63, 3.8) is 0 Å². The second kappa shape index (κ2) is 6.68. The van der Waals surface area contributed by atoms with E-state index < -0.39 is 6.10 Å². The van der Waals surface area contributed by atoms with Gasteiger partial charge in [0.05, 0.1) is 12.3 Å². The summed E-state index contributed by atoms with van der Waals surface area (Å²) in [6.07, 6.45) is 1.94. The quantitative estimate of drug-likeness (QED) is 0.912. The van der Waals surface area contributed by atoms with Gasteiger partial charge >= 0.3 is 0 Å². The van der Waals surface area contributed by atoms with Crippen LogP contribution in [0.4, 0.5) is 0 Å². The van der Waals surface area contributed by atoms with E-state index in [0.29, 0.717) is 12.3 Å². The summed E-state index contributed by atoms with van der Waals surface area (Å²) in [4.78, 5) is 4.20. The van der Waals surface area contributed by atoms with Crippen molar-refractivity contribution < 1.29 is 9.84 Å². The summed E-state index contributed by atoms with van der Waals surface area (Å²) in [6.45, 7) is 2.77. The molecule has 0 fully saturated rings. The second-order valence-electron chi connectivity index (χ2n) is 4.22. The Bertz CT molecular complexity index is 511. The number of pyridine rings is 1. The molecule has 19 heavy (non-hydrogen) atoms. The van der Waals surface area contributed by atoms with E-state index in [-0.39, 0.29) is 0 Å². The molecule has 1 N–H and O–H groups in total. The van der Waals surface area contributed by atoms with Crippen molar-refractivity contribution in [3.8, 4) is 5.75 Å². The molecule has 0 aliphatic rings. The van der Waals surface area contributed by atoms with Gasteiger partial charge in [0.25, 0.3) is 0 Å². The third-order valence-corrected chi connectivity index (χ3v) is 3.17.